The molecular formula is C31H51N3O7. The largest absolute Gasteiger partial charge is 0.508 e. The molecule has 6 N–H and O–H groups in total. The van der Waals surface area contributed by atoms with Gasteiger partial charge in [-0.25, -0.2) is 0 Å². The number of aromatic hydroxyl groups is 1. The van der Waals surface area contributed by atoms with Crippen molar-refractivity contribution < 1.29 is 34.1 Å². The highest BCUT2D eigenvalue weighted by molar-refractivity contribution is 5.90. The first kappa shape index (κ1) is 35.9. The molecule has 0 unspecified atom stereocenters. The summed E-state index contributed by atoms with van der Waals surface area (Å²) >= 11 is 0. The lowest BCUT2D eigenvalue weighted by Crippen LogP contribution is -2.52. The fraction of sp³-hybridized carbons (Fsp3) is 0.677. The molecule has 0 heterocycles. The highest BCUT2D eigenvalue weighted by atomic mass is 16.5. The van der Waals surface area contributed by atoms with Gasteiger partial charge in [0.2, 0.25) is 11.8 Å². The first-order chi connectivity index (χ1) is 19.4. The van der Waals surface area contributed by atoms with Crippen LogP contribution in [0.3, 0.4) is 0 Å². The van der Waals surface area contributed by atoms with Crippen molar-refractivity contribution >= 4 is 23.8 Å². The summed E-state index contributed by atoms with van der Waals surface area (Å²) in [5.41, 5.74) is 6.77. The predicted octanol–water partition coefficient (Wildman–Crippen LogP) is 4.07. The molecule has 1 aromatic rings. The zero-order valence-corrected chi connectivity index (χ0v) is 25.4. The van der Waals surface area contributed by atoms with E-state index in [2.05, 4.69) is 17.6 Å². The molecule has 0 aliphatic heterocycles. The molecule has 232 valence electrons. The third kappa shape index (κ3) is 13.9. The van der Waals surface area contributed by atoms with E-state index in [0.29, 0.717) is 12.0 Å². The Hall–Kier alpha value is -3.14. The minimum Gasteiger partial charge on any atom is -0.508 e. The summed E-state index contributed by atoms with van der Waals surface area (Å²) in [5, 5.41) is 23.9. The smallest absolute Gasteiger partial charge is 0.325 e. The quantitative estimate of drug-likeness (QED) is 0.114. The third-order valence-electron chi connectivity index (χ3n) is 7.59. The van der Waals surface area contributed by atoms with Gasteiger partial charge in [-0.2, -0.15) is 0 Å². The van der Waals surface area contributed by atoms with Crippen LogP contribution in [-0.4, -0.2) is 58.2 Å². The maximum absolute atomic E-state index is 13.3. The Kier molecular flexibility index (Phi) is 16.7. The van der Waals surface area contributed by atoms with Crippen molar-refractivity contribution in [2.75, 3.05) is 0 Å². The number of amides is 2. The number of carboxylic acid groups (broad SMARTS) is 1. The van der Waals surface area contributed by atoms with Gasteiger partial charge in [0.15, 0.2) is 0 Å². The molecule has 0 aromatic heterocycles. The van der Waals surface area contributed by atoms with Gasteiger partial charge in [-0.15, -0.1) is 0 Å². The van der Waals surface area contributed by atoms with Crippen LogP contribution in [0.15, 0.2) is 24.3 Å². The van der Waals surface area contributed by atoms with Crippen molar-refractivity contribution in [2.24, 2.45) is 17.6 Å². The first-order valence-electron chi connectivity index (χ1n) is 15.0. The monoisotopic (exact) mass is 577 g/mol. The minimum atomic E-state index is -1.21. The van der Waals surface area contributed by atoms with E-state index in [1.54, 1.807) is 12.1 Å². The normalized spacial score (nSPS) is 15.6. The summed E-state index contributed by atoms with van der Waals surface area (Å²) in [6.45, 7) is 9.26. The van der Waals surface area contributed by atoms with E-state index >= 15 is 0 Å². The standard InChI is InChI=1S/C31H51N3O7/c1-6-8-9-10-11-12-13-21(4)26(41-31(40)28(32)20(3)7-2)19-27(36)34-25(29(37)33-22(5)30(38)39)18-23-14-16-24(35)17-15-23/h14-17,20-22,25-26,28,35H,6-13,18-19,32H2,1-5H3,(H,33,37)(H,34,36)(H,38,39)/t20-,21-,22-,25-,26-,28+/m0/s1. The van der Waals surface area contributed by atoms with E-state index in [4.69, 9.17) is 10.5 Å². The topological polar surface area (TPSA) is 168 Å². The van der Waals surface area contributed by atoms with Crippen LogP contribution in [0.5, 0.6) is 5.75 Å². The van der Waals surface area contributed by atoms with Crippen LogP contribution >= 0.6 is 0 Å². The summed E-state index contributed by atoms with van der Waals surface area (Å²) in [7, 11) is 0. The number of esters is 1. The van der Waals surface area contributed by atoms with Crippen LogP contribution in [0.4, 0.5) is 0 Å². The van der Waals surface area contributed by atoms with Gasteiger partial charge in [-0.3, -0.25) is 19.2 Å². The van der Waals surface area contributed by atoms with Crippen LogP contribution in [0.2, 0.25) is 0 Å². The number of phenols is 1. The van der Waals surface area contributed by atoms with Gasteiger partial charge in [0, 0.05) is 6.42 Å². The van der Waals surface area contributed by atoms with Crippen molar-refractivity contribution in [2.45, 2.75) is 123 Å². The minimum absolute atomic E-state index is 0.0536. The zero-order chi connectivity index (χ0) is 30.9. The van der Waals surface area contributed by atoms with Gasteiger partial charge in [0.1, 0.15) is 30.0 Å². The Balaban J connectivity index is 3.03. The second-order valence-electron chi connectivity index (χ2n) is 11.2. The summed E-state index contributed by atoms with van der Waals surface area (Å²) in [5.74, 6) is -3.07. The van der Waals surface area contributed by atoms with Crippen molar-refractivity contribution in [1.82, 2.24) is 10.6 Å². The average molecular weight is 578 g/mol. The Bertz CT molecular complexity index is 954. The number of unbranched alkanes of at least 4 members (excludes halogenated alkanes) is 5. The third-order valence-corrected chi connectivity index (χ3v) is 7.59. The fourth-order valence-electron chi connectivity index (χ4n) is 4.39. The maximum Gasteiger partial charge on any atom is 0.325 e. The highest BCUT2D eigenvalue weighted by Crippen LogP contribution is 2.22. The zero-order valence-electron chi connectivity index (χ0n) is 25.4. The number of carboxylic acids is 1. The lowest BCUT2D eigenvalue weighted by Gasteiger charge is -2.27. The molecule has 0 saturated carbocycles. The van der Waals surface area contributed by atoms with E-state index in [-0.39, 0.29) is 30.4 Å². The molecule has 0 fully saturated rings. The van der Waals surface area contributed by atoms with Crippen LogP contribution in [-0.2, 0) is 30.3 Å². The molecule has 10 nitrogen and oxygen atoms in total. The Morgan fingerprint density at radius 3 is 2.10 bits per heavy atom. The first-order valence-corrected chi connectivity index (χ1v) is 15.0. The van der Waals surface area contributed by atoms with Crippen LogP contribution in [0, 0.1) is 11.8 Å². The second-order valence-corrected chi connectivity index (χ2v) is 11.2. The van der Waals surface area contributed by atoms with E-state index in [0.717, 1.165) is 25.7 Å². The molecule has 41 heavy (non-hydrogen) atoms. The summed E-state index contributed by atoms with van der Waals surface area (Å²) in [6, 6.07) is 3.11. The number of aliphatic carboxylic acids is 1. The molecule has 1 rings (SSSR count). The highest BCUT2D eigenvalue weighted by Gasteiger charge is 2.31. The molecule has 0 radical (unpaired) electrons. The number of carbonyl (C=O) groups is 4. The van der Waals surface area contributed by atoms with E-state index in [1.807, 2.05) is 20.8 Å². The summed E-state index contributed by atoms with van der Waals surface area (Å²) < 4.78 is 5.80. The number of benzene rings is 1. The number of rotatable bonds is 20. The Labute approximate surface area is 244 Å². The molecule has 0 saturated heterocycles. The SMILES string of the molecule is CCCCCCCC[C@H](C)[C@H](CC(=O)N[C@@H](Cc1ccc(O)cc1)C(=O)N[C@@H](C)C(=O)O)OC(=O)[C@H](N)[C@@H](C)CC. The summed E-state index contributed by atoms with van der Waals surface area (Å²) in [6.07, 6.45) is 7.33. The number of ether oxygens (including phenoxy) is 1. The number of hydrogen-bond acceptors (Lipinski definition) is 7. The Morgan fingerprint density at radius 1 is 0.902 bits per heavy atom. The number of nitrogens with one attached hydrogen (secondary N) is 2. The molecule has 6 atom stereocenters. The van der Waals surface area contributed by atoms with Crippen molar-refractivity contribution in [3.8, 4) is 5.75 Å². The summed E-state index contributed by atoms with van der Waals surface area (Å²) in [4.78, 5) is 50.4. The molecular weight excluding hydrogens is 526 g/mol. The number of nitrogens with two attached hydrogens (primary N) is 1. The average Bonchev–Trinajstić information content (AvgIpc) is 2.93. The van der Waals surface area contributed by atoms with E-state index in [1.165, 1.54) is 38.3 Å². The van der Waals surface area contributed by atoms with Crippen molar-refractivity contribution in [1.29, 1.82) is 0 Å². The maximum atomic E-state index is 13.3. The van der Waals surface area contributed by atoms with Gasteiger partial charge in [0.05, 0.1) is 6.42 Å². The molecule has 0 bridgehead atoms. The molecule has 1 aromatic carbocycles. The molecule has 2 amide bonds. The second kappa shape index (κ2) is 19.1. The van der Waals surface area contributed by atoms with Gasteiger partial charge in [-0.05, 0) is 42.9 Å². The lowest BCUT2D eigenvalue weighted by molar-refractivity contribution is -0.156. The number of phenolic OH excluding ortho intramolecular Hbond substituents is 1. The van der Waals surface area contributed by atoms with Crippen molar-refractivity contribution in [3.63, 3.8) is 0 Å². The molecule has 0 spiro atoms. The van der Waals surface area contributed by atoms with E-state index < -0.39 is 48.0 Å². The molecule has 0 aliphatic carbocycles. The van der Waals surface area contributed by atoms with Crippen LogP contribution < -0.4 is 16.4 Å². The molecule has 10 heteroatoms. The fourth-order valence-corrected chi connectivity index (χ4v) is 4.39. The lowest BCUT2D eigenvalue weighted by atomic mass is 9.93. The number of carbonyl (C=O) groups excluding carboxylic acids is 3. The van der Waals surface area contributed by atoms with Crippen LogP contribution in [0.25, 0.3) is 0 Å². The van der Waals surface area contributed by atoms with Gasteiger partial charge >= 0.3 is 11.9 Å². The van der Waals surface area contributed by atoms with Crippen molar-refractivity contribution in [3.05, 3.63) is 29.8 Å². The molecule has 0 aliphatic rings. The van der Waals surface area contributed by atoms with Gasteiger partial charge in [-0.1, -0.05) is 84.8 Å². The van der Waals surface area contributed by atoms with Gasteiger partial charge < -0.3 is 31.3 Å². The van der Waals surface area contributed by atoms with E-state index in [9.17, 15) is 29.4 Å². The Morgan fingerprint density at radius 2 is 1.51 bits per heavy atom. The van der Waals surface area contributed by atoms with Crippen LogP contribution in [0.1, 0.15) is 98.0 Å². The predicted molar refractivity (Wildman–Crippen MR) is 158 cm³/mol. The number of hydrogen-bond donors (Lipinski definition) is 5. The van der Waals surface area contributed by atoms with Gasteiger partial charge in [0.25, 0.3) is 0 Å².